The zero-order valence-electron chi connectivity index (χ0n) is 13.0. The first-order chi connectivity index (χ1) is 10.5. The van der Waals surface area contributed by atoms with E-state index in [0.29, 0.717) is 18.8 Å². The van der Waals surface area contributed by atoms with Crippen LogP contribution in [0, 0.1) is 0 Å². The van der Waals surface area contributed by atoms with E-state index in [-0.39, 0.29) is 18.3 Å². The van der Waals surface area contributed by atoms with Crippen molar-refractivity contribution < 1.29 is 19.1 Å². The lowest BCUT2D eigenvalue weighted by molar-refractivity contribution is -0.141. The number of hydrogen-bond donors (Lipinski definition) is 0. The maximum absolute atomic E-state index is 12.2. The molecule has 0 atom stereocenters. The number of likely N-dealkylation sites (N-methyl/N-ethyl adjacent to an activating group) is 1. The molecule has 0 saturated heterocycles. The Morgan fingerprint density at radius 3 is 2.64 bits per heavy atom. The number of amides is 1. The Balaban J connectivity index is 2.77. The van der Waals surface area contributed by atoms with Crippen molar-refractivity contribution in [2.45, 2.75) is 13.3 Å². The van der Waals surface area contributed by atoms with Crippen LogP contribution in [0.1, 0.15) is 18.9 Å². The van der Waals surface area contributed by atoms with Crippen molar-refractivity contribution in [1.29, 1.82) is 0 Å². The molecule has 6 heteroatoms. The van der Waals surface area contributed by atoms with Crippen LogP contribution in [-0.2, 0) is 14.3 Å². The van der Waals surface area contributed by atoms with Crippen LogP contribution in [0.15, 0.2) is 28.7 Å². The summed E-state index contributed by atoms with van der Waals surface area (Å²) in [6.45, 7) is 2.72. The molecular weight excluding hydrogens is 350 g/mol. The van der Waals surface area contributed by atoms with Crippen LogP contribution in [0.4, 0.5) is 0 Å². The lowest BCUT2D eigenvalue weighted by Crippen LogP contribution is -2.31. The van der Waals surface area contributed by atoms with Crippen molar-refractivity contribution in [2.75, 3.05) is 27.3 Å². The molecule has 120 valence electrons. The number of nitrogens with zero attached hydrogens (tertiary/aromatic N) is 1. The monoisotopic (exact) mass is 369 g/mol. The molecule has 0 bridgehead atoms. The zero-order valence-corrected chi connectivity index (χ0v) is 14.6. The largest absolute Gasteiger partial charge is 0.496 e. The summed E-state index contributed by atoms with van der Waals surface area (Å²) in [5.41, 5.74) is 0.800. The summed E-state index contributed by atoms with van der Waals surface area (Å²) in [6, 6.07) is 5.56. The maximum Gasteiger partial charge on any atom is 0.307 e. The summed E-state index contributed by atoms with van der Waals surface area (Å²) in [5, 5.41) is 0. The third kappa shape index (κ3) is 5.52. The first-order valence-electron chi connectivity index (χ1n) is 6.89. The Kier molecular flexibility index (Phi) is 7.66. The summed E-state index contributed by atoms with van der Waals surface area (Å²) < 4.78 is 10.7. The molecule has 0 fully saturated rings. The van der Waals surface area contributed by atoms with Crippen LogP contribution in [-0.4, -0.2) is 44.1 Å². The van der Waals surface area contributed by atoms with Gasteiger partial charge in [0.2, 0.25) is 5.91 Å². The van der Waals surface area contributed by atoms with Crippen LogP contribution < -0.4 is 4.74 Å². The Morgan fingerprint density at radius 1 is 1.32 bits per heavy atom. The summed E-state index contributed by atoms with van der Waals surface area (Å²) in [5.74, 6) is 0.196. The molecule has 1 rings (SSSR count). The van der Waals surface area contributed by atoms with Gasteiger partial charge < -0.3 is 14.4 Å². The topological polar surface area (TPSA) is 55.8 Å². The minimum atomic E-state index is -0.330. The molecule has 0 aromatic heterocycles. The van der Waals surface area contributed by atoms with Crippen LogP contribution in [0.25, 0.3) is 6.08 Å². The third-order valence-corrected chi connectivity index (χ3v) is 3.60. The Morgan fingerprint density at radius 2 is 2.05 bits per heavy atom. The molecule has 1 aromatic carbocycles. The van der Waals surface area contributed by atoms with Crippen molar-refractivity contribution in [3.05, 3.63) is 34.3 Å². The van der Waals surface area contributed by atoms with E-state index in [1.165, 1.54) is 13.2 Å². The SMILES string of the molecule is CCN(CCC(=O)OC)C(=O)C=Cc1cc(Br)ccc1OC. The predicted octanol–water partition coefficient (Wildman–Crippen LogP) is 2.88. The average molecular weight is 370 g/mol. The van der Waals surface area contributed by atoms with Crippen molar-refractivity contribution >= 4 is 33.9 Å². The molecule has 0 aliphatic carbocycles. The van der Waals surface area contributed by atoms with Crippen molar-refractivity contribution in [2.24, 2.45) is 0 Å². The standard InChI is InChI=1S/C16H20BrNO4/c1-4-18(10-9-16(20)22-3)15(19)8-5-12-11-13(17)6-7-14(12)21-2/h5-8,11H,4,9-10H2,1-3H3. The van der Waals surface area contributed by atoms with Gasteiger partial charge in [0, 0.05) is 29.2 Å². The Bertz CT molecular complexity index is 557. The van der Waals surface area contributed by atoms with E-state index < -0.39 is 0 Å². The first kappa shape index (κ1) is 18.2. The molecule has 0 radical (unpaired) electrons. The fourth-order valence-corrected chi connectivity index (χ4v) is 2.23. The fraction of sp³-hybridized carbons (Fsp3) is 0.375. The predicted molar refractivity (Wildman–Crippen MR) is 88.6 cm³/mol. The minimum absolute atomic E-state index is 0.159. The molecule has 1 aromatic rings. The number of carbonyl (C=O) groups excluding carboxylic acids is 2. The van der Waals surface area contributed by atoms with Gasteiger partial charge in [-0.1, -0.05) is 15.9 Å². The molecule has 0 N–H and O–H groups in total. The lowest BCUT2D eigenvalue weighted by atomic mass is 10.2. The first-order valence-corrected chi connectivity index (χ1v) is 7.68. The second kappa shape index (κ2) is 9.25. The van der Waals surface area contributed by atoms with Gasteiger partial charge in [0.05, 0.1) is 20.6 Å². The van der Waals surface area contributed by atoms with Gasteiger partial charge in [-0.2, -0.15) is 0 Å². The highest BCUT2D eigenvalue weighted by Gasteiger charge is 2.11. The van der Waals surface area contributed by atoms with E-state index in [0.717, 1.165) is 10.0 Å². The van der Waals surface area contributed by atoms with Gasteiger partial charge in [-0.05, 0) is 31.2 Å². The molecule has 0 unspecified atom stereocenters. The number of methoxy groups -OCH3 is 2. The minimum Gasteiger partial charge on any atom is -0.496 e. The summed E-state index contributed by atoms with van der Waals surface area (Å²) >= 11 is 3.39. The van der Waals surface area contributed by atoms with E-state index >= 15 is 0 Å². The molecule has 0 spiro atoms. The number of carbonyl (C=O) groups is 2. The number of esters is 1. The molecule has 0 aliphatic rings. The van der Waals surface area contributed by atoms with Gasteiger partial charge >= 0.3 is 5.97 Å². The number of benzene rings is 1. The number of ether oxygens (including phenoxy) is 2. The van der Waals surface area contributed by atoms with Crippen molar-refractivity contribution in [3.8, 4) is 5.75 Å². The van der Waals surface area contributed by atoms with Gasteiger partial charge in [-0.25, -0.2) is 0 Å². The molecular formula is C16H20BrNO4. The number of halogens is 1. The molecule has 0 heterocycles. The smallest absolute Gasteiger partial charge is 0.307 e. The molecule has 22 heavy (non-hydrogen) atoms. The fourth-order valence-electron chi connectivity index (χ4n) is 1.85. The molecule has 5 nitrogen and oxygen atoms in total. The summed E-state index contributed by atoms with van der Waals surface area (Å²) in [7, 11) is 2.91. The average Bonchev–Trinajstić information content (AvgIpc) is 2.53. The van der Waals surface area contributed by atoms with E-state index in [1.54, 1.807) is 18.1 Å². The third-order valence-electron chi connectivity index (χ3n) is 3.10. The van der Waals surface area contributed by atoms with Crippen LogP contribution >= 0.6 is 15.9 Å². The second-order valence-corrected chi connectivity index (χ2v) is 5.38. The van der Waals surface area contributed by atoms with E-state index in [2.05, 4.69) is 20.7 Å². The van der Waals surface area contributed by atoms with Crippen LogP contribution in [0.2, 0.25) is 0 Å². The van der Waals surface area contributed by atoms with E-state index in [1.807, 2.05) is 25.1 Å². The Labute approximate surface area is 139 Å². The molecule has 0 aliphatic heterocycles. The molecule has 0 saturated carbocycles. The Hall–Kier alpha value is -1.82. The van der Waals surface area contributed by atoms with Gasteiger partial charge in [-0.3, -0.25) is 9.59 Å². The zero-order chi connectivity index (χ0) is 16.5. The van der Waals surface area contributed by atoms with Crippen molar-refractivity contribution in [3.63, 3.8) is 0 Å². The highest BCUT2D eigenvalue weighted by molar-refractivity contribution is 9.10. The summed E-state index contributed by atoms with van der Waals surface area (Å²) in [6.07, 6.45) is 3.36. The van der Waals surface area contributed by atoms with Gasteiger partial charge in [0.1, 0.15) is 5.75 Å². The highest BCUT2D eigenvalue weighted by atomic mass is 79.9. The van der Waals surface area contributed by atoms with E-state index in [9.17, 15) is 9.59 Å². The lowest BCUT2D eigenvalue weighted by Gasteiger charge is -2.18. The quantitative estimate of drug-likeness (QED) is 0.547. The summed E-state index contributed by atoms with van der Waals surface area (Å²) in [4.78, 5) is 24.9. The normalized spacial score (nSPS) is 10.5. The highest BCUT2D eigenvalue weighted by Crippen LogP contribution is 2.24. The second-order valence-electron chi connectivity index (χ2n) is 4.46. The number of rotatable bonds is 7. The van der Waals surface area contributed by atoms with Crippen LogP contribution in [0.5, 0.6) is 5.75 Å². The van der Waals surface area contributed by atoms with Gasteiger partial charge in [-0.15, -0.1) is 0 Å². The number of hydrogen-bond acceptors (Lipinski definition) is 4. The molecule has 1 amide bonds. The van der Waals surface area contributed by atoms with Gasteiger partial charge in [0.25, 0.3) is 0 Å². The van der Waals surface area contributed by atoms with Crippen molar-refractivity contribution in [1.82, 2.24) is 4.90 Å². The van der Waals surface area contributed by atoms with Gasteiger partial charge in [0.15, 0.2) is 0 Å². The van der Waals surface area contributed by atoms with E-state index in [4.69, 9.17) is 4.74 Å². The maximum atomic E-state index is 12.2. The van der Waals surface area contributed by atoms with Crippen LogP contribution in [0.3, 0.4) is 0 Å².